The molecule has 0 unspecified atom stereocenters. The zero-order chi connectivity index (χ0) is 23.8. The Morgan fingerprint density at radius 3 is 2.64 bits per heavy atom. The average molecular weight is 473 g/mol. The summed E-state index contributed by atoms with van der Waals surface area (Å²) in [5.41, 5.74) is 0.581. The number of fused-ring (bicyclic) bond motifs is 1. The Kier molecular flexibility index (Phi) is 9.35. The van der Waals surface area contributed by atoms with Crippen LogP contribution >= 0.6 is 11.8 Å². The second-order valence-corrected chi connectivity index (χ2v) is 10.3. The number of carbonyl (C=O) groups excluding carboxylic acids is 2. The van der Waals surface area contributed by atoms with Crippen LogP contribution in [-0.4, -0.2) is 51.7 Å². The second-order valence-electron chi connectivity index (χ2n) is 9.35. The van der Waals surface area contributed by atoms with Crippen LogP contribution in [0.25, 0.3) is 10.9 Å². The molecule has 1 fully saturated rings. The SMILES string of the molecule is CC(C)CCCCCCn1c(SCC(=O)N(C)CC(=O)NC2CC2)nc2ccccc2c1=O. The molecule has 8 heteroatoms. The number of thioether (sulfide) groups is 1. The van der Waals surface area contributed by atoms with Crippen LogP contribution in [0.15, 0.2) is 34.2 Å². The van der Waals surface area contributed by atoms with E-state index in [9.17, 15) is 14.4 Å². The van der Waals surface area contributed by atoms with Gasteiger partial charge in [0.1, 0.15) is 0 Å². The lowest BCUT2D eigenvalue weighted by Crippen LogP contribution is -2.39. The first-order valence-corrected chi connectivity index (χ1v) is 13.0. The number of rotatable bonds is 13. The quantitative estimate of drug-likeness (QED) is 0.272. The van der Waals surface area contributed by atoms with E-state index in [-0.39, 0.29) is 35.7 Å². The van der Waals surface area contributed by atoms with Crippen LogP contribution in [0.3, 0.4) is 0 Å². The number of nitrogens with zero attached hydrogens (tertiary/aromatic N) is 3. The minimum Gasteiger partial charge on any atom is -0.352 e. The largest absolute Gasteiger partial charge is 0.352 e. The summed E-state index contributed by atoms with van der Waals surface area (Å²) in [7, 11) is 1.63. The van der Waals surface area contributed by atoms with Gasteiger partial charge in [0.15, 0.2) is 5.16 Å². The molecular weight excluding hydrogens is 436 g/mol. The fraction of sp³-hybridized carbons (Fsp3) is 0.600. The Morgan fingerprint density at radius 1 is 1.18 bits per heavy atom. The summed E-state index contributed by atoms with van der Waals surface area (Å²) < 4.78 is 1.71. The molecule has 1 aliphatic carbocycles. The highest BCUT2D eigenvalue weighted by Crippen LogP contribution is 2.20. The Balaban J connectivity index is 1.63. The molecule has 1 N–H and O–H groups in total. The Morgan fingerprint density at radius 2 is 1.91 bits per heavy atom. The normalized spacial score (nSPS) is 13.5. The standard InChI is InChI=1S/C25H36N4O3S/c1-18(2)10-6-4-5-9-15-29-24(32)20-11-7-8-12-21(20)27-25(29)33-17-23(31)28(3)16-22(30)26-19-13-14-19/h7-8,11-12,18-19H,4-6,9-10,13-17H2,1-3H3,(H,26,30). The van der Waals surface area contributed by atoms with E-state index in [0.717, 1.165) is 38.0 Å². The molecule has 7 nitrogen and oxygen atoms in total. The van der Waals surface area contributed by atoms with Crippen LogP contribution < -0.4 is 10.9 Å². The molecule has 33 heavy (non-hydrogen) atoms. The maximum absolute atomic E-state index is 13.2. The molecule has 0 bridgehead atoms. The zero-order valence-electron chi connectivity index (χ0n) is 20.0. The lowest BCUT2D eigenvalue weighted by molar-refractivity contribution is -0.132. The van der Waals surface area contributed by atoms with Crippen LogP contribution in [-0.2, 0) is 16.1 Å². The summed E-state index contributed by atoms with van der Waals surface area (Å²) in [6.07, 6.45) is 7.59. The predicted octanol–water partition coefficient (Wildman–Crippen LogP) is 3.83. The van der Waals surface area contributed by atoms with Crippen LogP contribution in [0.4, 0.5) is 0 Å². The molecule has 0 atom stereocenters. The van der Waals surface area contributed by atoms with Gasteiger partial charge in [-0.2, -0.15) is 0 Å². The Labute approximate surface area is 200 Å². The summed E-state index contributed by atoms with van der Waals surface area (Å²) in [6, 6.07) is 7.61. The predicted molar refractivity (Wildman–Crippen MR) is 133 cm³/mol. The number of hydrogen-bond donors (Lipinski definition) is 1. The Bertz CT molecular complexity index is 1020. The average Bonchev–Trinajstić information content (AvgIpc) is 3.59. The lowest BCUT2D eigenvalue weighted by Gasteiger charge is -2.17. The van der Waals surface area contributed by atoms with Crippen molar-refractivity contribution >= 4 is 34.5 Å². The van der Waals surface area contributed by atoms with Gasteiger partial charge < -0.3 is 10.2 Å². The minimum atomic E-state index is -0.159. The molecular formula is C25H36N4O3S. The van der Waals surface area contributed by atoms with E-state index >= 15 is 0 Å². The first kappa shape index (κ1) is 25.3. The number of nitrogens with one attached hydrogen (secondary N) is 1. The van der Waals surface area contributed by atoms with Crippen LogP contribution in [0.5, 0.6) is 0 Å². The second kappa shape index (κ2) is 12.2. The van der Waals surface area contributed by atoms with Crippen LogP contribution in [0.1, 0.15) is 58.8 Å². The van der Waals surface area contributed by atoms with Gasteiger partial charge >= 0.3 is 0 Å². The highest BCUT2D eigenvalue weighted by atomic mass is 32.2. The summed E-state index contributed by atoms with van der Waals surface area (Å²) in [5, 5.41) is 4.06. The molecule has 0 radical (unpaired) electrons. The third-order valence-electron chi connectivity index (χ3n) is 5.81. The van der Waals surface area contributed by atoms with Gasteiger partial charge in [-0.25, -0.2) is 4.98 Å². The van der Waals surface area contributed by atoms with Crippen molar-refractivity contribution in [2.24, 2.45) is 5.92 Å². The van der Waals surface area contributed by atoms with Gasteiger partial charge in [-0.15, -0.1) is 0 Å². The number of unbranched alkanes of at least 4 members (excludes halogenated alkanes) is 3. The molecule has 180 valence electrons. The number of hydrogen-bond acceptors (Lipinski definition) is 5. The van der Waals surface area contributed by atoms with Crippen molar-refractivity contribution in [3.05, 3.63) is 34.6 Å². The lowest BCUT2D eigenvalue weighted by atomic mass is 10.0. The Hall–Kier alpha value is -2.35. The van der Waals surface area contributed by atoms with E-state index in [1.165, 1.54) is 29.5 Å². The van der Waals surface area contributed by atoms with E-state index < -0.39 is 0 Å². The van der Waals surface area contributed by atoms with Gasteiger partial charge in [0.05, 0.1) is 23.2 Å². The maximum Gasteiger partial charge on any atom is 0.262 e. The first-order chi connectivity index (χ1) is 15.8. The first-order valence-electron chi connectivity index (χ1n) is 12.0. The van der Waals surface area contributed by atoms with Crippen molar-refractivity contribution in [1.82, 2.24) is 19.8 Å². The van der Waals surface area contributed by atoms with Crippen LogP contribution in [0.2, 0.25) is 0 Å². The summed E-state index contributed by atoms with van der Waals surface area (Å²) in [6.45, 7) is 5.11. The molecule has 0 aliphatic heterocycles. The van der Waals surface area contributed by atoms with Crippen molar-refractivity contribution < 1.29 is 9.59 Å². The number of likely N-dealkylation sites (N-methyl/N-ethyl adjacent to an activating group) is 1. The maximum atomic E-state index is 13.2. The molecule has 3 rings (SSSR count). The van der Waals surface area contributed by atoms with Gasteiger partial charge in [0.2, 0.25) is 11.8 Å². The highest BCUT2D eigenvalue weighted by Gasteiger charge is 2.24. The van der Waals surface area contributed by atoms with Crippen molar-refractivity contribution in [2.75, 3.05) is 19.3 Å². The van der Waals surface area contributed by atoms with E-state index in [1.54, 1.807) is 17.7 Å². The van der Waals surface area contributed by atoms with Gasteiger partial charge in [-0.1, -0.05) is 63.4 Å². The minimum absolute atomic E-state index is 0.0459. The van der Waals surface area contributed by atoms with Gasteiger partial charge in [-0.3, -0.25) is 19.0 Å². The van der Waals surface area contributed by atoms with Crippen molar-refractivity contribution in [3.8, 4) is 0 Å². The third-order valence-corrected chi connectivity index (χ3v) is 6.77. The topological polar surface area (TPSA) is 84.3 Å². The van der Waals surface area contributed by atoms with Crippen molar-refractivity contribution in [3.63, 3.8) is 0 Å². The monoisotopic (exact) mass is 472 g/mol. The molecule has 2 amide bonds. The van der Waals surface area contributed by atoms with Gasteiger partial charge in [-0.05, 0) is 37.3 Å². The summed E-state index contributed by atoms with van der Waals surface area (Å²) in [5.74, 6) is 0.563. The molecule has 1 aromatic carbocycles. The fourth-order valence-corrected chi connectivity index (χ4v) is 4.64. The fourth-order valence-electron chi connectivity index (χ4n) is 3.67. The summed E-state index contributed by atoms with van der Waals surface area (Å²) >= 11 is 1.27. The number of aromatic nitrogens is 2. The van der Waals surface area contributed by atoms with E-state index in [1.807, 2.05) is 18.2 Å². The molecule has 0 saturated heterocycles. The zero-order valence-corrected chi connectivity index (χ0v) is 20.8. The van der Waals surface area contributed by atoms with Crippen molar-refractivity contribution in [1.29, 1.82) is 0 Å². The molecule has 1 saturated carbocycles. The van der Waals surface area contributed by atoms with Gasteiger partial charge in [0.25, 0.3) is 5.56 Å². The molecule has 1 aliphatic rings. The van der Waals surface area contributed by atoms with E-state index in [4.69, 9.17) is 4.98 Å². The van der Waals surface area contributed by atoms with E-state index in [0.29, 0.717) is 22.6 Å². The van der Waals surface area contributed by atoms with Crippen molar-refractivity contribution in [2.45, 2.75) is 76.5 Å². The smallest absolute Gasteiger partial charge is 0.262 e. The molecule has 1 heterocycles. The molecule has 1 aromatic heterocycles. The third kappa shape index (κ3) is 7.88. The van der Waals surface area contributed by atoms with Gasteiger partial charge in [0, 0.05) is 19.6 Å². The highest BCUT2D eigenvalue weighted by molar-refractivity contribution is 7.99. The number of amides is 2. The van der Waals surface area contributed by atoms with Crippen LogP contribution in [0, 0.1) is 5.92 Å². The number of benzene rings is 1. The molecule has 2 aromatic rings. The number of para-hydroxylation sites is 1. The molecule has 0 spiro atoms. The summed E-state index contributed by atoms with van der Waals surface area (Å²) in [4.78, 5) is 43.9. The van der Waals surface area contributed by atoms with E-state index in [2.05, 4.69) is 19.2 Å². The number of carbonyl (C=O) groups is 2.